The van der Waals surface area contributed by atoms with Gasteiger partial charge in [-0.25, -0.2) is 0 Å². The highest BCUT2D eigenvalue weighted by Crippen LogP contribution is 2.19. The topological polar surface area (TPSA) is 49.4 Å². The molecule has 1 aromatic rings. The Morgan fingerprint density at radius 1 is 1.47 bits per heavy atom. The Hall–Kier alpha value is -1.20. The van der Waals surface area contributed by atoms with Crippen LogP contribution in [0.15, 0.2) is 28.7 Å². The van der Waals surface area contributed by atoms with E-state index in [1.807, 2.05) is 23.1 Å². The molecule has 1 amide bonds. The summed E-state index contributed by atoms with van der Waals surface area (Å²) in [7, 11) is 1.63. The number of likely N-dealkylation sites (N-methyl/N-ethyl adjacent to an activating group) is 1. The number of nitrogens with zero attached hydrogens (tertiary/aromatic N) is 1. The Morgan fingerprint density at radius 2 is 2.26 bits per heavy atom. The van der Waals surface area contributed by atoms with E-state index in [0.717, 1.165) is 23.9 Å². The number of rotatable bonds is 4. The second-order valence-electron chi connectivity index (χ2n) is 4.68. The number of amides is 1. The molecule has 1 saturated heterocycles. The lowest BCUT2D eigenvalue weighted by Gasteiger charge is -2.22. The first-order valence-corrected chi connectivity index (χ1v) is 7.15. The molecule has 0 aromatic heterocycles. The number of likely N-dealkylation sites (tertiary alicyclic amines) is 1. The van der Waals surface area contributed by atoms with Gasteiger partial charge in [-0.1, -0.05) is 28.1 Å². The van der Waals surface area contributed by atoms with Crippen LogP contribution in [0.2, 0.25) is 0 Å². The quantitative estimate of drug-likeness (QED) is 0.860. The van der Waals surface area contributed by atoms with Crippen molar-refractivity contribution in [3.8, 4) is 0 Å². The zero-order chi connectivity index (χ0) is 13.8. The summed E-state index contributed by atoms with van der Waals surface area (Å²) in [5, 5.41) is 2.66. The zero-order valence-corrected chi connectivity index (χ0v) is 12.4. The van der Waals surface area contributed by atoms with Gasteiger partial charge in [-0.3, -0.25) is 14.5 Å². The maximum Gasteiger partial charge on any atom is 0.237 e. The lowest BCUT2D eigenvalue weighted by Crippen LogP contribution is -2.44. The molecule has 1 aliphatic rings. The number of ketones is 1. The van der Waals surface area contributed by atoms with E-state index in [4.69, 9.17) is 0 Å². The summed E-state index contributed by atoms with van der Waals surface area (Å²) in [4.78, 5) is 25.9. The van der Waals surface area contributed by atoms with Crippen molar-refractivity contribution in [1.82, 2.24) is 10.2 Å². The Balaban J connectivity index is 2.04. The van der Waals surface area contributed by atoms with Crippen molar-refractivity contribution in [1.29, 1.82) is 0 Å². The lowest BCUT2D eigenvalue weighted by molar-refractivity contribution is -0.124. The van der Waals surface area contributed by atoms with Gasteiger partial charge in [-0.15, -0.1) is 0 Å². The Morgan fingerprint density at radius 3 is 2.95 bits per heavy atom. The van der Waals surface area contributed by atoms with Gasteiger partial charge < -0.3 is 5.32 Å². The SMILES string of the molecule is CNC(=O)C1CCCN1CC(=O)c1cccc(Br)c1. The molecule has 4 nitrogen and oxygen atoms in total. The first kappa shape index (κ1) is 14.2. The minimum Gasteiger partial charge on any atom is -0.358 e. The number of hydrogen-bond acceptors (Lipinski definition) is 3. The summed E-state index contributed by atoms with van der Waals surface area (Å²) in [6, 6.07) is 7.18. The van der Waals surface area contributed by atoms with Crippen LogP contribution in [0.1, 0.15) is 23.2 Å². The summed E-state index contributed by atoms with van der Waals surface area (Å²) in [5.74, 6) is 0.0524. The van der Waals surface area contributed by atoms with Crippen LogP contribution in [-0.4, -0.2) is 42.8 Å². The van der Waals surface area contributed by atoms with Crippen LogP contribution >= 0.6 is 15.9 Å². The summed E-state index contributed by atoms with van der Waals surface area (Å²) >= 11 is 3.36. The predicted octanol–water partition coefficient (Wildman–Crippen LogP) is 1.84. The normalized spacial score (nSPS) is 19.4. The van der Waals surface area contributed by atoms with E-state index in [-0.39, 0.29) is 17.7 Å². The fourth-order valence-electron chi connectivity index (χ4n) is 2.42. The molecule has 1 aliphatic heterocycles. The van der Waals surface area contributed by atoms with Gasteiger partial charge in [-0.05, 0) is 31.5 Å². The maximum atomic E-state index is 12.2. The van der Waals surface area contributed by atoms with Crippen molar-refractivity contribution in [2.45, 2.75) is 18.9 Å². The molecule has 0 radical (unpaired) electrons. The molecule has 0 saturated carbocycles. The summed E-state index contributed by atoms with van der Waals surface area (Å²) < 4.78 is 0.891. The molecule has 1 fully saturated rings. The standard InChI is InChI=1S/C14H17BrN2O2/c1-16-14(19)12-6-3-7-17(12)9-13(18)10-4-2-5-11(15)8-10/h2,4-5,8,12H,3,6-7,9H2,1H3,(H,16,19). The van der Waals surface area contributed by atoms with Crippen LogP contribution in [0.25, 0.3) is 0 Å². The molecule has 1 atom stereocenters. The van der Waals surface area contributed by atoms with Crippen molar-refractivity contribution in [3.63, 3.8) is 0 Å². The third kappa shape index (κ3) is 3.42. The van der Waals surface area contributed by atoms with Crippen LogP contribution in [0.3, 0.4) is 0 Å². The molecule has 1 N–H and O–H groups in total. The van der Waals surface area contributed by atoms with Gasteiger partial charge in [0, 0.05) is 17.1 Å². The number of nitrogens with one attached hydrogen (secondary N) is 1. The van der Waals surface area contributed by atoms with Gasteiger partial charge in [0.2, 0.25) is 5.91 Å². The number of carbonyl (C=O) groups excluding carboxylic acids is 2. The Kier molecular flexibility index (Phi) is 4.71. The molecule has 1 heterocycles. The van der Waals surface area contributed by atoms with Crippen LogP contribution in [0.5, 0.6) is 0 Å². The number of hydrogen-bond donors (Lipinski definition) is 1. The third-order valence-electron chi connectivity index (χ3n) is 3.41. The summed E-state index contributed by atoms with van der Waals surface area (Å²) in [6.07, 6.45) is 1.79. The monoisotopic (exact) mass is 324 g/mol. The van der Waals surface area contributed by atoms with Gasteiger partial charge >= 0.3 is 0 Å². The molecule has 102 valence electrons. The van der Waals surface area contributed by atoms with Crippen molar-refractivity contribution in [2.75, 3.05) is 20.1 Å². The van der Waals surface area contributed by atoms with E-state index in [0.29, 0.717) is 12.1 Å². The van der Waals surface area contributed by atoms with Crippen LogP contribution in [0, 0.1) is 0 Å². The van der Waals surface area contributed by atoms with Crippen molar-refractivity contribution in [2.24, 2.45) is 0 Å². The van der Waals surface area contributed by atoms with E-state index in [9.17, 15) is 9.59 Å². The molecule has 0 aliphatic carbocycles. The van der Waals surface area contributed by atoms with Gasteiger partial charge in [0.25, 0.3) is 0 Å². The highest BCUT2D eigenvalue weighted by molar-refractivity contribution is 9.10. The van der Waals surface area contributed by atoms with Crippen molar-refractivity contribution in [3.05, 3.63) is 34.3 Å². The summed E-state index contributed by atoms with van der Waals surface area (Å²) in [6.45, 7) is 1.10. The third-order valence-corrected chi connectivity index (χ3v) is 3.90. The smallest absolute Gasteiger partial charge is 0.237 e. The van der Waals surface area contributed by atoms with Crippen LogP contribution in [0.4, 0.5) is 0 Å². The second kappa shape index (κ2) is 6.30. The molecule has 1 aromatic carbocycles. The second-order valence-corrected chi connectivity index (χ2v) is 5.59. The van der Waals surface area contributed by atoms with E-state index >= 15 is 0 Å². The molecule has 5 heteroatoms. The van der Waals surface area contributed by atoms with E-state index in [1.54, 1.807) is 13.1 Å². The van der Waals surface area contributed by atoms with Crippen LogP contribution in [-0.2, 0) is 4.79 Å². The van der Waals surface area contributed by atoms with Crippen molar-refractivity contribution >= 4 is 27.6 Å². The summed E-state index contributed by atoms with van der Waals surface area (Å²) in [5.41, 5.74) is 0.678. The number of carbonyl (C=O) groups is 2. The Labute approximate surface area is 121 Å². The average Bonchev–Trinajstić information content (AvgIpc) is 2.86. The first-order chi connectivity index (χ1) is 9.11. The van der Waals surface area contributed by atoms with Crippen LogP contribution < -0.4 is 5.32 Å². The fraction of sp³-hybridized carbons (Fsp3) is 0.429. The predicted molar refractivity (Wildman–Crippen MR) is 77.1 cm³/mol. The zero-order valence-electron chi connectivity index (χ0n) is 10.9. The van der Waals surface area contributed by atoms with E-state index < -0.39 is 0 Å². The molecular weight excluding hydrogens is 308 g/mol. The number of halogens is 1. The van der Waals surface area contributed by atoms with Gasteiger partial charge in [0.1, 0.15) is 0 Å². The van der Waals surface area contributed by atoms with E-state index in [1.165, 1.54) is 0 Å². The minimum atomic E-state index is -0.166. The Bertz CT molecular complexity index is 490. The maximum absolute atomic E-state index is 12.2. The molecule has 19 heavy (non-hydrogen) atoms. The molecular formula is C14H17BrN2O2. The largest absolute Gasteiger partial charge is 0.358 e. The van der Waals surface area contributed by atoms with E-state index in [2.05, 4.69) is 21.2 Å². The molecule has 1 unspecified atom stereocenters. The first-order valence-electron chi connectivity index (χ1n) is 6.36. The highest BCUT2D eigenvalue weighted by Gasteiger charge is 2.31. The molecule has 2 rings (SSSR count). The lowest BCUT2D eigenvalue weighted by atomic mass is 10.1. The average molecular weight is 325 g/mol. The number of benzene rings is 1. The number of Topliss-reactive ketones (excluding diaryl/α,β-unsaturated/α-hetero) is 1. The van der Waals surface area contributed by atoms with Gasteiger partial charge in [0.15, 0.2) is 5.78 Å². The highest BCUT2D eigenvalue weighted by atomic mass is 79.9. The van der Waals surface area contributed by atoms with Gasteiger partial charge in [0.05, 0.1) is 12.6 Å². The minimum absolute atomic E-state index is 0.000424. The molecule has 0 bridgehead atoms. The van der Waals surface area contributed by atoms with Gasteiger partial charge in [-0.2, -0.15) is 0 Å². The fourth-order valence-corrected chi connectivity index (χ4v) is 2.82. The van der Waals surface area contributed by atoms with Crippen molar-refractivity contribution < 1.29 is 9.59 Å². The molecule has 0 spiro atoms.